The number of anilines is 1. The lowest BCUT2D eigenvalue weighted by atomic mass is 9.97. The predicted molar refractivity (Wildman–Crippen MR) is 120 cm³/mol. The van der Waals surface area contributed by atoms with Gasteiger partial charge in [-0.3, -0.25) is 4.79 Å². The summed E-state index contributed by atoms with van der Waals surface area (Å²) in [4.78, 5) is 12.9. The monoisotopic (exact) mass is 436 g/mol. The average Bonchev–Trinajstić information content (AvgIpc) is 2.82. The standard InChI is InChI=1S/C24H24N2O4S/c27-24(25-20-11-13-22(14-12-20)30-21-7-3-1-4-8-21)19-15-17-26(18-16-19)31(28,29)23-9-5-2-6-10-23/h1-14,19H,15-18H2,(H,25,27). The predicted octanol–water partition coefficient (Wildman–Crippen LogP) is 4.52. The number of para-hydroxylation sites is 1. The normalized spacial score (nSPS) is 15.4. The number of rotatable bonds is 6. The maximum absolute atomic E-state index is 12.7. The van der Waals surface area contributed by atoms with Gasteiger partial charge in [-0.05, 0) is 61.4 Å². The van der Waals surface area contributed by atoms with E-state index in [1.807, 2.05) is 30.3 Å². The second-order valence-corrected chi connectivity index (χ2v) is 9.36. The van der Waals surface area contributed by atoms with Crippen LogP contribution in [0.2, 0.25) is 0 Å². The molecule has 0 radical (unpaired) electrons. The molecule has 1 N–H and O–H groups in total. The fourth-order valence-electron chi connectivity index (χ4n) is 3.58. The second kappa shape index (κ2) is 9.32. The molecule has 0 bridgehead atoms. The van der Waals surface area contributed by atoms with Gasteiger partial charge in [0.1, 0.15) is 11.5 Å². The first-order valence-electron chi connectivity index (χ1n) is 10.2. The summed E-state index contributed by atoms with van der Waals surface area (Å²) in [5.74, 6) is 1.12. The van der Waals surface area contributed by atoms with Gasteiger partial charge in [-0.15, -0.1) is 0 Å². The van der Waals surface area contributed by atoms with E-state index in [4.69, 9.17) is 4.74 Å². The minimum Gasteiger partial charge on any atom is -0.457 e. The zero-order valence-corrected chi connectivity index (χ0v) is 17.8. The molecule has 1 aliphatic heterocycles. The van der Waals surface area contributed by atoms with Crippen LogP contribution in [0.4, 0.5) is 5.69 Å². The fraction of sp³-hybridized carbons (Fsp3) is 0.208. The molecule has 31 heavy (non-hydrogen) atoms. The Morgan fingerprint density at radius 3 is 1.97 bits per heavy atom. The molecule has 0 unspecified atom stereocenters. The summed E-state index contributed by atoms with van der Waals surface area (Å²) in [7, 11) is -3.51. The van der Waals surface area contributed by atoms with Crippen LogP contribution in [-0.2, 0) is 14.8 Å². The molecule has 4 rings (SSSR count). The topological polar surface area (TPSA) is 75.7 Å². The van der Waals surface area contributed by atoms with Crippen LogP contribution in [0, 0.1) is 5.92 Å². The zero-order chi connectivity index (χ0) is 21.7. The first kappa shape index (κ1) is 21.1. The van der Waals surface area contributed by atoms with Crippen LogP contribution in [-0.4, -0.2) is 31.7 Å². The van der Waals surface area contributed by atoms with E-state index in [9.17, 15) is 13.2 Å². The third-order valence-corrected chi connectivity index (χ3v) is 7.22. The van der Waals surface area contributed by atoms with Gasteiger partial charge >= 0.3 is 0 Å². The van der Waals surface area contributed by atoms with Gasteiger partial charge in [0.2, 0.25) is 15.9 Å². The summed E-state index contributed by atoms with van der Waals surface area (Å²) in [5.41, 5.74) is 0.685. The summed E-state index contributed by atoms with van der Waals surface area (Å²) in [6.45, 7) is 0.665. The van der Waals surface area contributed by atoms with Crippen molar-refractivity contribution in [3.8, 4) is 11.5 Å². The highest BCUT2D eigenvalue weighted by atomic mass is 32.2. The van der Waals surface area contributed by atoms with Crippen molar-refractivity contribution in [2.24, 2.45) is 5.92 Å². The Labute approximate surface area is 182 Å². The van der Waals surface area contributed by atoms with E-state index < -0.39 is 10.0 Å². The van der Waals surface area contributed by atoms with Gasteiger partial charge in [0.25, 0.3) is 0 Å². The van der Waals surface area contributed by atoms with Crippen LogP contribution < -0.4 is 10.1 Å². The van der Waals surface area contributed by atoms with Crippen molar-refractivity contribution in [2.45, 2.75) is 17.7 Å². The Balaban J connectivity index is 1.31. The third kappa shape index (κ3) is 5.13. The van der Waals surface area contributed by atoms with E-state index in [0.717, 1.165) is 5.75 Å². The fourth-order valence-corrected chi connectivity index (χ4v) is 5.07. The highest BCUT2D eigenvalue weighted by molar-refractivity contribution is 7.89. The van der Waals surface area contributed by atoms with Crippen molar-refractivity contribution < 1.29 is 17.9 Å². The molecule has 0 aliphatic carbocycles. The van der Waals surface area contributed by atoms with E-state index in [0.29, 0.717) is 37.4 Å². The molecular weight excluding hydrogens is 412 g/mol. The summed E-state index contributed by atoms with van der Waals surface area (Å²) < 4.78 is 32.7. The lowest BCUT2D eigenvalue weighted by molar-refractivity contribution is -0.120. The van der Waals surface area contributed by atoms with Crippen molar-refractivity contribution in [3.05, 3.63) is 84.9 Å². The van der Waals surface area contributed by atoms with Crippen LogP contribution in [0.1, 0.15) is 12.8 Å². The Bertz CT molecular complexity index is 1110. The number of nitrogens with zero attached hydrogens (tertiary/aromatic N) is 1. The highest BCUT2D eigenvalue weighted by Gasteiger charge is 2.32. The van der Waals surface area contributed by atoms with Crippen molar-refractivity contribution in [2.75, 3.05) is 18.4 Å². The van der Waals surface area contributed by atoms with Gasteiger partial charge in [-0.2, -0.15) is 4.31 Å². The molecule has 0 saturated carbocycles. The Morgan fingerprint density at radius 1 is 0.806 bits per heavy atom. The maximum atomic E-state index is 12.7. The van der Waals surface area contributed by atoms with Gasteiger partial charge in [-0.25, -0.2) is 8.42 Å². The quantitative estimate of drug-likeness (QED) is 0.617. The Kier molecular flexibility index (Phi) is 6.34. The second-order valence-electron chi connectivity index (χ2n) is 7.42. The number of hydrogen-bond acceptors (Lipinski definition) is 4. The highest BCUT2D eigenvalue weighted by Crippen LogP contribution is 2.26. The van der Waals surface area contributed by atoms with Crippen LogP contribution in [0.15, 0.2) is 89.8 Å². The number of carbonyl (C=O) groups is 1. The van der Waals surface area contributed by atoms with Crippen molar-refractivity contribution in [1.82, 2.24) is 4.31 Å². The molecule has 7 heteroatoms. The summed E-state index contributed by atoms with van der Waals surface area (Å²) in [6, 6.07) is 25.1. The number of benzene rings is 3. The van der Waals surface area contributed by atoms with E-state index in [2.05, 4.69) is 5.32 Å². The Morgan fingerprint density at radius 2 is 1.35 bits per heavy atom. The molecule has 0 aromatic heterocycles. The van der Waals surface area contributed by atoms with Crippen molar-refractivity contribution in [1.29, 1.82) is 0 Å². The summed E-state index contributed by atoms with van der Waals surface area (Å²) in [5, 5.41) is 2.93. The van der Waals surface area contributed by atoms with Gasteiger partial charge in [0, 0.05) is 24.7 Å². The van der Waals surface area contributed by atoms with Gasteiger partial charge in [-0.1, -0.05) is 36.4 Å². The zero-order valence-electron chi connectivity index (χ0n) is 17.0. The minimum atomic E-state index is -3.51. The van der Waals surface area contributed by atoms with Gasteiger partial charge in [0.05, 0.1) is 4.90 Å². The number of nitrogens with one attached hydrogen (secondary N) is 1. The molecule has 1 aliphatic rings. The van der Waals surface area contributed by atoms with E-state index in [1.54, 1.807) is 54.6 Å². The van der Waals surface area contributed by atoms with E-state index in [1.165, 1.54) is 4.31 Å². The van der Waals surface area contributed by atoms with Crippen LogP contribution in [0.3, 0.4) is 0 Å². The molecule has 1 saturated heterocycles. The van der Waals surface area contributed by atoms with Crippen molar-refractivity contribution in [3.63, 3.8) is 0 Å². The molecule has 160 valence electrons. The molecule has 3 aromatic rings. The molecule has 1 fully saturated rings. The third-order valence-electron chi connectivity index (χ3n) is 5.31. The number of amides is 1. The molecule has 1 heterocycles. The molecule has 0 spiro atoms. The lowest BCUT2D eigenvalue weighted by Crippen LogP contribution is -2.41. The first-order chi connectivity index (χ1) is 15.0. The van der Waals surface area contributed by atoms with E-state index in [-0.39, 0.29) is 16.7 Å². The first-order valence-corrected chi connectivity index (χ1v) is 11.7. The molecule has 0 atom stereocenters. The maximum Gasteiger partial charge on any atom is 0.243 e. The van der Waals surface area contributed by atoms with Crippen LogP contribution in [0.25, 0.3) is 0 Å². The number of hydrogen-bond donors (Lipinski definition) is 1. The number of ether oxygens (including phenoxy) is 1. The lowest BCUT2D eigenvalue weighted by Gasteiger charge is -2.30. The van der Waals surface area contributed by atoms with Crippen LogP contribution >= 0.6 is 0 Å². The molecule has 1 amide bonds. The number of carbonyl (C=O) groups excluding carboxylic acids is 1. The summed E-state index contributed by atoms with van der Waals surface area (Å²) >= 11 is 0. The largest absolute Gasteiger partial charge is 0.457 e. The number of sulfonamides is 1. The average molecular weight is 437 g/mol. The number of piperidine rings is 1. The molecule has 6 nitrogen and oxygen atoms in total. The molecule has 3 aromatic carbocycles. The SMILES string of the molecule is O=C(Nc1ccc(Oc2ccccc2)cc1)C1CCN(S(=O)(=O)c2ccccc2)CC1. The van der Waals surface area contributed by atoms with Gasteiger partial charge in [0.15, 0.2) is 0 Å². The van der Waals surface area contributed by atoms with Gasteiger partial charge < -0.3 is 10.1 Å². The summed E-state index contributed by atoms with van der Waals surface area (Å²) in [6.07, 6.45) is 0.986. The smallest absolute Gasteiger partial charge is 0.243 e. The van der Waals surface area contributed by atoms with E-state index >= 15 is 0 Å². The minimum absolute atomic E-state index is 0.0894. The molecular formula is C24H24N2O4S. The van der Waals surface area contributed by atoms with Crippen molar-refractivity contribution >= 4 is 21.6 Å². The Hall–Kier alpha value is -3.16. The van der Waals surface area contributed by atoms with Crippen LogP contribution in [0.5, 0.6) is 11.5 Å².